The third-order valence-corrected chi connectivity index (χ3v) is 3.91. The summed E-state index contributed by atoms with van der Waals surface area (Å²) in [5.41, 5.74) is 0.890. The van der Waals surface area contributed by atoms with Crippen LogP contribution < -0.4 is 5.32 Å². The minimum Gasteiger partial charge on any atom is -0.396 e. The number of aliphatic hydroxyl groups excluding tert-OH is 1. The van der Waals surface area contributed by atoms with Crippen LogP contribution in [-0.4, -0.2) is 42.2 Å². The van der Waals surface area contributed by atoms with E-state index in [-0.39, 0.29) is 18.3 Å². The highest BCUT2D eigenvalue weighted by molar-refractivity contribution is 5.78. The lowest BCUT2D eigenvalue weighted by molar-refractivity contribution is -0.122. The minimum atomic E-state index is -0.270. The highest BCUT2D eigenvalue weighted by atomic mass is 19.1. The first-order valence-corrected chi connectivity index (χ1v) is 7.51. The fourth-order valence-electron chi connectivity index (χ4n) is 2.77. The Morgan fingerprint density at radius 2 is 2.14 bits per heavy atom. The topological polar surface area (TPSA) is 52.6 Å². The molecule has 2 rings (SSSR count). The van der Waals surface area contributed by atoms with Crippen LogP contribution in [0.4, 0.5) is 4.39 Å². The normalized spacial score (nSPS) is 19.4. The van der Waals surface area contributed by atoms with E-state index in [9.17, 15) is 9.18 Å². The smallest absolute Gasteiger partial charge is 0.234 e. The number of nitrogens with one attached hydrogen (secondary N) is 1. The van der Waals surface area contributed by atoms with Crippen LogP contribution >= 0.6 is 0 Å². The van der Waals surface area contributed by atoms with Crippen molar-refractivity contribution in [1.82, 2.24) is 10.2 Å². The van der Waals surface area contributed by atoms with Gasteiger partial charge in [0, 0.05) is 19.7 Å². The van der Waals surface area contributed by atoms with E-state index in [2.05, 4.69) is 10.2 Å². The lowest BCUT2D eigenvalue weighted by atomic mass is 9.95. The number of likely N-dealkylation sites (tertiary alicyclic amines) is 1. The number of hydrogen-bond acceptors (Lipinski definition) is 3. The van der Waals surface area contributed by atoms with E-state index in [0.29, 0.717) is 19.0 Å². The number of piperidine rings is 1. The number of amides is 1. The first kappa shape index (κ1) is 15.9. The summed E-state index contributed by atoms with van der Waals surface area (Å²) in [4.78, 5) is 14.1. The zero-order chi connectivity index (χ0) is 15.1. The molecule has 1 heterocycles. The Morgan fingerprint density at radius 1 is 1.38 bits per heavy atom. The lowest BCUT2D eigenvalue weighted by Gasteiger charge is -2.31. The fourth-order valence-corrected chi connectivity index (χ4v) is 2.77. The van der Waals surface area contributed by atoms with Crippen LogP contribution in [0.1, 0.15) is 24.8 Å². The van der Waals surface area contributed by atoms with Crippen LogP contribution in [0, 0.1) is 11.7 Å². The Kier molecular flexibility index (Phi) is 6.14. The molecule has 116 valence electrons. The molecule has 0 spiro atoms. The standard InChI is InChI=1S/C16H23FN2O2/c17-15-5-3-13(4-6-15)10-18-16(21)12-19-8-1-2-14(11-19)7-9-20/h3-6,14,20H,1-2,7-12H2,(H,18,21). The summed E-state index contributed by atoms with van der Waals surface area (Å²) in [6.45, 7) is 2.85. The molecule has 1 unspecified atom stereocenters. The molecule has 1 aliphatic heterocycles. The molecule has 1 fully saturated rings. The zero-order valence-electron chi connectivity index (χ0n) is 12.2. The van der Waals surface area contributed by atoms with E-state index in [1.165, 1.54) is 12.1 Å². The Hall–Kier alpha value is -1.46. The van der Waals surface area contributed by atoms with Gasteiger partial charge < -0.3 is 10.4 Å². The largest absolute Gasteiger partial charge is 0.396 e. The van der Waals surface area contributed by atoms with Crippen LogP contribution in [0.2, 0.25) is 0 Å². The van der Waals surface area contributed by atoms with Crippen LogP contribution in [0.25, 0.3) is 0 Å². The van der Waals surface area contributed by atoms with Gasteiger partial charge in [0.25, 0.3) is 0 Å². The molecule has 1 aliphatic rings. The van der Waals surface area contributed by atoms with Gasteiger partial charge in [0.2, 0.25) is 5.91 Å². The summed E-state index contributed by atoms with van der Waals surface area (Å²) in [6, 6.07) is 6.14. The summed E-state index contributed by atoms with van der Waals surface area (Å²) >= 11 is 0. The number of halogens is 1. The van der Waals surface area contributed by atoms with Gasteiger partial charge in [-0.2, -0.15) is 0 Å². The van der Waals surface area contributed by atoms with Gasteiger partial charge in [0.1, 0.15) is 5.82 Å². The maximum atomic E-state index is 12.8. The molecule has 5 heteroatoms. The van der Waals surface area contributed by atoms with Crippen molar-refractivity contribution in [2.45, 2.75) is 25.8 Å². The fraction of sp³-hybridized carbons (Fsp3) is 0.562. The second-order valence-corrected chi connectivity index (χ2v) is 5.66. The van der Waals surface area contributed by atoms with Crippen molar-refractivity contribution >= 4 is 5.91 Å². The van der Waals surface area contributed by atoms with E-state index in [1.54, 1.807) is 12.1 Å². The molecule has 4 nitrogen and oxygen atoms in total. The van der Waals surface area contributed by atoms with Crippen molar-refractivity contribution in [3.63, 3.8) is 0 Å². The van der Waals surface area contributed by atoms with Crippen LogP contribution in [0.15, 0.2) is 24.3 Å². The molecular formula is C16H23FN2O2. The molecule has 0 aromatic heterocycles. The maximum Gasteiger partial charge on any atom is 0.234 e. The molecule has 1 aromatic rings. The quantitative estimate of drug-likeness (QED) is 0.837. The molecule has 0 aliphatic carbocycles. The molecule has 21 heavy (non-hydrogen) atoms. The summed E-state index contributed by atoms with van der Waals surface area (Å²) < 4.78 is 12.8. The first-order valence-electron chi connectivity index (χ1n) is 7.51. The molecule has 1 amide bonds. The van der Waals surface area contributed by atoms with Crippen molar-refractivity contribution < 1.29 is 14.3 Å². The number of benzene rings is 1. The Labute approximate surface area is 125 Å². The summed E-state index contributed by atoms with van der Waals surface area (Å²) in [5.74, 6) is 0.214. The van der Waals surface area contributed by atoms with Gasteiger partial charge in [-0.05, 0) is 49.4 Å². The van der Waals surface area contributed by atoms with Gasteiger partial charge >= 0.3 is 0 Å². The second-order valence-electron chi connectivity index (χ2n) is 5.66. The summed E-state index contributed by atoms with van der Waals surface area (Å²) in [6.07, 6.45) is 3.03. The summed E-state index contributed by atoms with van der Waals surface area (Å²) in [5, 5.41) is 11.9. The highest BCUT2D eigenvalue weighted by Gasteiger charge is 2.20. The van der Waals surface area contributed by atoms with Crippen LogP contribution in [0.3, 0.4) is 0 Å². The SMILES string of the molecule is O=C(CN1CCCC(CCO)C1)NCc1ccc(F)cc1. The number of carbonyl (C=O) groups is 1. The zero-order valence-corrected chi connectivity index (χ0v) is 12.2. The Balaban J connectivity index is 1.72. The maximum absolute atomic E-state index is 12.8. The highest BCUT2D eigenvalue weighted by Crippen LogP contribution is 2.18. The van der Waals surface area contributed by atoms with Gasteiger partial charge in [-0.1, -0.05) is 12.1 Å². The molecule has 2 N–H and O–H groups in total. The van der Waals surface area contributed by atoms with E-state index in [1.807, 2.05) is 0 Å². The molecule has 0 bridgehead atoms. The van der Waals surface area contributed by atoms with Crippen molar-refractivity contribution in [1.29, 1.82) is 0 Å². The number of aliphatic hydroxyl groups is 1. The number of hydrogen-bond donors (Lipinski definition) is 2. The monoisotopic (exact) mass is 294 g/mol. The molecule has 1 saturated heterocycles. The van der Waals surface area contributed by atoms with Gasteiger partial charge in [0.15, 0.2) is 0 Å². The van der Waals surface area contributed by atoms with Gasteiger partial charge in [0.05, 0.1) is 6.54 Å². The molecule has 1 atom stereocenters. The Bertz CT molecular complexity index is 448. The summed E-state index contributed by atoms with van der Waals surface area (Å²) in [7, 11) is 0. The van der Waals surface area contributed by atoms with Crippen molar-refractivity contribution in [2.24, 2.45) is 5.92 Å². The van der Waals surface area contributed by atoms with Crippen LogP contribution in [0.5, 0.6) is 0 Å². The van der Waals surface area contributed by atoms with Gasteiger partial charge in [-0.25, -0.2) is 4.39 Å². The number of carbonyl (C=O) groups excluding carboxylic acids is 1. The van der Waals surface area contributed by atoms with E-state index in [4.69, 9.17) is 5.11 Å². The Morgan fingerprint density at radius 3 is 2.86 bits per heavy atom. The third kappa shape index (κ3) is 5.44. The molecule has 1 aromatic carbocycles. The third-order valence-electron chi connectivity index (χ3n) is 3.91. The molecular weight excluding hydrogens is 271 g/mol. The van der Waals surface area contributed by atoms with Gasteiger partial charge in [-0.15, -0.1) is 0 Å². The lowest BCUT2D eigenvalue weighted by Crippen LogP contribution is -2.42. The minimum absolute atomic E-state index is 0.0102. The molecule has 0 radical (unpaired) electrons. The van der Waals surface area contributed by atoms with Crippen LogP contribution in [-0.2, 0) is 11.3 Å². The second kappa shape index (κ2) is 8.10. The van der Waals surface area contributed by atoms with E-state index >= 15 is 0 Å². The first-order chi connectivity index (χ1) is 10.2. The van der Waals surface area contributed by atoms with E-state index in [0.717, 1.165) is 37.9 Å². The number of rotatable bonds is 6. The molecule has 0 saturated carbocycles. The predicted molar refractivity (Wildman–Crippen MR) is 79.1 cm³/mol. The van der Waals surface area contributed by atoms with Crippen molar-refractivity contribution in [3.8, 4) is 0 Å². The average Bonchev–Trinajstić information content (AvgIpc) is 2.47. The van der Waals surface area contributed by atoms with Crippen molar-refractivity contribution in [3.05, 3.63) is 35.6 Å². The predicted octanol–water partition coefficient (Wildman–Crippen LogP) is 1.54. The average molecular weight is 294 g/mol. The van der Waals surface area contributed by atoms with Gasteiger partial charge in [-0.3, -0.25) is 9.69 Å². The number of nitrogens with zero attached hydrogens (tertiary/aromatic N) is 1. The van der Waals surface area contributed by atoms with Crippen molar-refractivity contribution in [2.75, 3.05) is 26.2 Å². The van der Waals surface area contributed by atoms with E-state index < -0.39 is 0 Å².